The highest BCUT2D eigenvalue weighted by Crippen LogP contribution is 2.29. The lowest BCUT2D eigenvalue weighted by Crippen LogP contribution is -2.54. The van der Waals surface area contributed by atoms with Crippen LogP contribution in [0, 0.1) is 12.8 Å². The first-order valence-electron chi connectivity index (χ1n) is 8.46. The van der Waals surface area contributed by atoms with Crippen molar-refractivity contribution in [2.45, 2.75) is 58.6 Å². The number of piperidine rings is 1. The van der Waals surface area contributed by atoms with Gasteiger partial charge in [0.1, 0.15) is 11.6 Å². The Labute approximate surface area is 143 Å². The van der Waals surface area contributed by atoms with E-state index < -0.39 is 23.7 Å². The number of aryl methyl sites for hydroxylation is 1. The maximum Gasteiger partial charge on any atom is 0.411 e. The van der Waals surface area contributed by atoms with E-state index in [1.807, 2.05) is 31.2 Å². The van der Waals surface area contributed by atoms with Crippen LogP contribution in [0.1, 0.15) is 44.7 Å². The van der Waals surface area contributed by atoms with E-state index in [0.717, 1.165) is 24.0 Å². The number of ether oxygens (including phenoxy) is 1. The third-order valence-corrected chi connectivity index (χ3v) is 4.38. The normalized spacial score (nSPS) is 21.4. The summed E-state index contributed by atoms with van der Waals surface area (Å²) in [6.07, 6.45) is 1.71. The van der Waals surface area contributed by atoms with Crippen molar-refractivity contribution in [3.05, 3.63) is 35.4 Å². The van der Waals surface area contributed by atoms with Gasteiger partial charge in [-0.15, -0.1) is 0 Å². The lowest BCUT2D eigenvalue weighted by molar-refractivity contribution is -0.146. The number of carboxylic acid groups (broad SMARTS) is 1. The fraction of sp³-hybridized carbons (Fsp3) is 0.579. The average molecular weight is 333 g/mol. The highest BCUT2D eigenvalue weighted by molar-refractivity contribution is 5.80. The van der Waals surface area contributed by atoms with E-state index in [0.29, 0.717) is 13.0 Å². The first-order chi connectivity index (χ1) is 11.2. The Balaban J connectivity index is 2.21. The van der Waals surface area contributed by atoms with Gasteiger partial charge in [-0.05, 0) is 64.0 Å². The maximum absolute atomic E-state index is 12.4. The summed E-state index contributed by atoms with van der Waals surface area (Å²) >= 11 is 0. The fourth-order valence-corrected chi connectivity index (χ4v) is 3.27. The lowest BCUT2D eigenvalue weighted by Gasteiger charge is -2.39. The van der Waals surface area contributed by atoms with Crippen LogP contribution in [0.5, 0.6) is 0 Å². The standard InChI is InChI=1S/C19H27NO4/c1-13-8-5-6-9-14(13)12-15-10-7-11-20(16(15)17(21)22)18(23)24-19(2,3)4/h5-6,8-9,15-16H,7,10-12H2,1-4H3,(H,21,22)/t15-,16+/m1/s1. The Morgan fingerprint density at radius 3 is 2.54 bits per heavy atom. The zero-order valence-corrected chi connectivity index (χ0v) is 14.9. The van der Waals surface area contributed by atoms with Crippen LogP contribution < -0.4 is 0 Å². The summed E-state index contributed by atoms with van der Waals surface area (Å²) in [5, 5.41) is 9.72. The van der Waals surface area contributed by atoms with E-state index in [1.165, 1.54) is 4.90 Å². The number of hydrogen-bond donors (Lipinski definition) is 1. The van der Waals surface area contributed by atoms with Crippen LogP contribution in [0.4, 0.5) is 4.79 Å². The Morgan fingerprint density at radius 2 is 1.96 bits per heavy atom. The molecule has 24 heavy (non-hydrogen) atoms. The van der Waals surface area contributed by atoms with Gasteiger partial charge < -0.3 is 9.84 Å². The molecule has 1 aromatic rings. The third kappa shape index (κ3) is 4.49. The highest BCUT2D eigenvalue weighted by atomic mass is 16.6. The summed E-state index contributed by atoms with van der Waals surface area (Å²) in [6.45, 7) is 7.82. The molecule has 132 valence electrons. The Bertz CT molecular complexity index is 606. The van der Waals surface area contributed by atoms with E-state index in [1.54, 1.807) is 20.8 Å². The quantitative estimate of drug-likeness (QED) is 0.917. The molecule has 1 heterocycles. The number of hydrogen-bond acceptors (Lipinski definition) is 3. The van der Waals surface area contributed by atoms with Crippen molar-refractivity contribution in [1.29, 1.82) is 0 Å². The van der Waals surface area contributed by atoms with Crippen molar-refractivity contribution in [1.82, 2.24) is 4.90 Å². The largest absolute Gasteiger partial charge is 0.480 e. The average Bonchev–Trinajstić information content (AvgIpc) is 2.47. The maximum atomic E-state index is 12.4. The van der Waals surface area contributed by atoms with Crippen LogP contribution >= 0.6 is 0 Å². The summed E-state index contributed by atoms with van der Waals surface area (Å²) in [4.78, 5) is 25.7. The Hall–Kier alpha value is -2.04. The lowest BCUT2D eigenvalue weighted by atomic mass is 9.83. The predicted molar refractivity (Wildman–Crippen MR) is 92.0 cm³/mol. The second kappa shape index (κ2) is 7.24. The molecule has 0 aliphatic carbocycles. The SMILES string of the molecule is Cc1ccccc1C[C@H]1CCCN(C(=O)OC(C)(C)C)[C@@H]1C(=O)O. The molecule has 1 aromatic carbocycles. The molecule has 0 saturated carbocycles. The molecule has 0 unspecified atom stereocenters. The second-order valence-electron chi connectivity index (χ2n) is 7.49. The molecule has 1 aliphatic heterocycles. The van der Waals surface area contributed by atoms with Gasteiger partial charge in [0.2, 0.25) is 0 Å². The molecule has 1 aliphatic rings. The number of rotatable bonds is 3. The van der Waals surface area contributed by atoms with Crippen molar-refractivity contribution in [3.63, 3.8) is 0 Å². The van der Waals surface area contributed by atoms with Crippen LogP contribution in [0.25, 0.3) is 0 Å². The van der Waals surface area contributed by atoms with Crippen LogP contribution in [0.15, 0.2) is 24.3 Å². The number of nitrogens with zero attached hydrogens (tertiary/aromatic N) is 1. The monoisotopic (exact) mass is 333 g/mol. The van der Waals surface area contributed by atoms with Crippen molar-refractivity contribution < 1.29 is 19.4 Å². The molecule has 0 radical (unpaired) electrons. The molecular weight excluding hydrogens is 306 g/mol. The molecule has 2 rings (SSSR count). The van der Waals surface area contributed by atoms with E-state index in [2.05, 4.69) is 0 Å². The Kier molecular flexibility index (Phi) is 5.52. The predicted octanol–water partition coefficient (Wildman–Crippen LogP) is 3.64. The molecule has 1 amide bonds. The fourth-order valence-electron chi connectivity index (χ4n) is 3.27. The molecule has 5 nitrogen and oxygen atoms in total. The zero-order chi connectivity index (χ0) is 17.9. The summed E-state index contributed by atoms with van der Waals surface area (Å²) < 4.78 is 5.40. The van der Waals surface area contributed by atoms with Crippen molar-refractivity contribution in [3.8, 4) is 0 Å². The molecule has 1 N–H and O–H groups in total. The molecule has 5 heteroatoms. The number of carbonyl (C=O) groups is 2. The van der Waals surface area contributed by atoms with Gasteiger partial charge in [-0.2, -0.15) is 0 Å². The molecule has 0 aromatic heterocycles. The second-order valence-corrected chi connectivity index (χ2v) is 7.49. The summed E-state index contributed by atoms with van der Waals surface area (Å²) in [7, 11) is 0. The topological polar surface area (TPSA) is 66.8 Å². The molecule has 0 bridgehead atoms. The minimum atomic E-state index is -0.959. The molecule has 0 spiro atoms. The van der Waals surface area contributed by atoms with Crippen LogP contribution in [-0.4, -0.2) is 40.3 Å². The van der Waals surface area contributed by atoms with Gasteiger partial charge >= 0.3 is 12.1 Å². The van der Waals surface area contributed by atoms with Gasteiger partial charge in [-0.25, -0.2) is 9.59 Å². The number of aliphatic carboxylic acids is 1. The Morgan fingerprint density at radius 1 is 1.29 bits per heavy atom. The van der Waals surface area contributed by atoms with E-state index in [-0.39, 0.29) is 5.92 Å². The number of benzene rings is 1. The minimum absolute atomic E-state index is 0.107. The first-order valence-corrected chi connectivity index (χ1v) is 8.46. The van der Waals surface area contributed by atoms with E-state index in [4.69, 9.17) is 4.74 Å². The van der Waals surface area contributed by atoms with Gasteiger partial charge in [0.25, 0.3) is 0 Å². The van der Waals surface area contributed by atoms with Gasteiger partial charge in [0.05, 0.1) is 0 Å². The van der Waals surface area contributed by atoms with Crippen LogP contribution in [0.2, 0.25) is 0 Å². The zero-order valence-electron chi connectivity index (χ0n) is 14.9. The minimum Gasteiger partial charge on any atom is -0.480 e. The third-order valence-electron chi connectivity index (χ3n) is 4.38. The number of carbonyl (C=O) groups excluding carboxylic acids is 1. The molecule has 1 fully saturated rings. The van der Waals surface area contributed by atoms with Crippen LogP contribution in [0.3, 0.4) is 0 Å². The molecule has 1 saturated heterocycles. The number of amides is 1. The van der Waals surface area contributed by atoms with Gasteiger partial charge in [0.15, 0.2) is 0 Å². The van der Waals surface area contributed by atoms with Crippen LogP contribution in [-0.2, 0) is 16.0 Å². The van der Waals surface area contributed by atoms with Crippen molar-refractivity contribution in [2.75, 3.05) is 6.54 Å². The molecular formula is C19H27NO4. The first kappa shape index (κ1) is 18.3. The molecule has 2 atom stereocenters. The van der Waals surface area contributed by atoms with Gasteiger partial charge in [-0.3, -0.25) is 4.90 Å². The highest BCUT2D eigenvalue weighted by Gasteiger charge is 2.41. The van der Waals surface area contributed by atoms with Gasteiger partial charge in [0, 0.05) is 6.54 Å². The summed E-state index contributed by atoms with van der Waals surface area (Å²) in [5.74, 6) is -1.07. The smallest absolute Gasteiger partial charge is 0.411 e. The number of likely N-dealkylation sites (tertiary alicyclic amines) is 1. The summed E-state index contributed by atoms with van der Waals surface area (Å²) in [6, 6.07) is 7.15. The van der Waals surface area contributed by atoms with E-state index >= 15 is 0 Å². The summed E-state index contributed by atoms with van der Waals surface area (Å²) in [5.41, 5.74) is 1.65. The van der Waals surface area contributed by atoms with Crippen molar-refractivity contribution in [2.24, 2.45) is 5.92 Å². The number of carboxylic acids is 1. The van der Waals surface area contributed by atoms with E-state index in [9.17, 15) is 14.7 Å². The van der Waals surface area contributed by atoms with Crippen molar-refractivity contribution >= 4 is 12.1 Å². The van der Waals surface area contributed by atoms with Gasteiger partial charge in [-0.1, -0.05) is 24.3 Å².